The Balaban J connectivity index is 2.67. The second kappa shape index (κ2) is 7.37. The van der Waals surface area contributed by atoms with Gasteiger partial charge in [0.2, 0.25) is 0 Å². The normalized spacial score (nSPS) is 11.3. The van der Waals surface area contributed by atoms with Crippen LogP contribution in [-0.4, -0.2) is 26.0 Å². The minimum atomic E-state index is -4.29. The molecule has 0 aliphatic heterocycles. The molecule has 0 aliphatic rings. The summed E-state index contributed by atoms with van der Waals surface area (Å²) in [4.78, 5) is 10.9. The van der Waals surface area contributed by atoms with E-state index in [0.29, 0.717) is 4.31 Å². The average Bonchev–Trinajstić information content (AvgIpc) is 2.48. The largest absolute Gasteiger partial charge is 0.480 e. The number of carboxylic acid groups (broad SMARTS) is 1. The van der Waals surface area contributed by atoms with Crippen LogP contribution in [0.5, 0.6) is 0 Å². The molecule has 2 aromatic carbocycles. The zero-order chi connectivity index (χ0) is 18.1. The van der Waals surface area contributed by atoms with Gasteiger partial charge in [-0.2, -0.15) is 0 Å². The molecule has 0 spiro atoms. The molecule has 2 aromatic rings. The second-order valence-corrected chi connectivity index (χ2v) is 8.04. The van der Waals surface area contributed by atoms with Crippen molar-refractivity contribution in [2.75, 3.05) is 10.8 Å². The van der Waals surface area contributed by atoms with Crippen LogP contribution in [0.25, 0.3) is 0 Å². The maximum absolute atomic E-state index is 12.9. The molecule has 0 bridgehead atoms. The third-order valence-corrected chi connectivity index (χ3v) is 6.04. The van der Waals surface area contributed by atoms with Gasteiger partial charge in [-0.15, -0.1) is 0 Å². The van der Waals surface area contributed by atoms with Crippen molar-refractivity contribution >= 4 is 68.1 Å². The number of anilines is 1. The van der Waals surface area contributed by atoms with Gasteiger partial charge < -0.3 is 5.11 Å². The first-order valence-corrected chi connectivity index (χ1v) is 9.23. The molecule has 0 fully saturated rings. The number of hydrogen-bond acceptors (Lipinski definition) is 3. The Hall–Kier alpha value is -1.18. The van der Waals surface area contributed by atoms with E-state index in [0.717, 1.165) is 6.07 Å². The molecule has 1 N–H and O–H groups in total. The van der Waals surface area contributed by atoms with Crippen molar-refractivity contribution in [2.24, 2.45) is 0 Å². The van der Waals surface area contributed by atoms with Crippen molar-refractivity contribution in [2.45, 2.75) is 4.90 Å². The lowest BCUT2D eigenvalue weighted by molar-refractivity contribution is -0.135. The first-order valence-electron chi connectivity index (χ1n) is 6.28. The molecule has 0 saturated heterocycles. The maximum atomic E-state index is 12.9. The Labute approximate surface area is 158 Å². The summed E-state index contributed by atoms with van der Waals surface area (Å²) in [7, 11) is -4.29. The summed E-state index contributed by atoms with van der Waals surface area (Å²) < 4.78 is 26.4. The van der Waals surface area contributed by atoms with E-state index in [1.807, 2.05) is 0 Å². The molecular weight excluding hydrogens is 420 g/mol. The molecule has 0 heterocycles. The first-order chi connectivity index (χ1) is 11.1. The van der Waals surface area contributed by atoms with Gasteiger partial charge in [-0.25, -0.2) is 8.42 Å². The molecule has 128 valence electrons. The summed E-state index contributed by atoms with van der Waals surface area (Å²) in [5, 5.41) is 9.26. The third-order valence-electron chi connectivity index (χ3n) is 2.94. The van der Waals surface area contributed by atoms with Crippen LogP contribution >= 0.6 is 46.4 Å². The number of nitrogens with zero attached hydrogens (tertiary/aromatic N) is 1. The number of carboxylic acids is 1. The van der Waals surface area contributed by atoms with Crippen molar-refractivity contribution < 1.29 is 18.3 Å². The summed E-state index contributed by atoms with van der Waals surface area (Å²) in [6.45, 7) is -0.869. The zero-order valence-corrected chi connectivity index (χ0v) is 15.6. The smallest absolute Gasteiger partial charge is 0.324 e. The predicted molar refractivity (Wildman–Crippen MR) is 95.1 cm³/mol. The highest BCUT2D eigenvalue weighted by molar-refractivity contribution is 7.92. The van der Waals surface area contributed by atoms with Crippen LogP contribution < -0.4 is 4.31 Å². The highest BCUT2D eigenvalue weighted by Gasteiger charge is 2.30. The van der Waals surface area contributed by atoms with Gasteiger partial charge in [-0.1, -0.05) is 52.5 Å². The van der Waals surface area contributed by atoms with Gasteiger partial charge >= 0.3 is 5.97 Å². The van der Waals surface area contributed by atoms with E-state index in [4.69, 9.17) is 51.5 Å². The fraction of sp³-hybridized carbons (Fsp3) is 0.0714. The number of aliphatic carboxylic acids is 1. The topological polar surface area (TPSA) is 74.7 Å². The molecular formula is C14H9Cl4NO4S. The molecule has 24 heavy (non-hydrogen) atoms. The van der Waals surface area contributed by atoms with Gasteiger partial charge in [-0.05, 0) is 30.3 Å². The Kier molecular flexibility index (Phi) is 5.88. The van der Waals surface area contributed by atoms with Gasteiger partial charge in [0.25, 0.3) is 10.0 Å². The molecule has 0 unspecified atom stereocenters. The predicted octanol–water partition coefficient (Wildman–Crippen LogP) is 4.58. The Morgan fingerprint density at radius 1 is 0.958 bits per heavy atom. The molecule has 0 aliphatic carbocycles. The Morgan fingerprint density at radius 3 is 2.04 bits per heavy atom. The minimum Gasteiger partial charge on any atom is -0.480 e. The van der Waals surface area contributed by atoms with Gasteiger partial charge in [0.15, 0.2) is 0 Å². The average molecular weight is 429 g/mol. The van der Waals surface area contributed by atoms with Crippen LogP contribution in [0.4, 0.5) is 5.69 Å². The standard InChI is InChI=1S/C14H9Cl4NO4S/c15-9-5-4-8(6-12(9)18)24(22,23)19(7-13(20)21)14-10(16)2-1-3-11(14)17/h1-6H,7H2,(H,20,21). The van der Waals surface area contributed by atoms with Crippen LogP contribution in [0.3, 0.4) is 0 Å². The van der Waals surface area contributed by atoms with Crippen molar-refractivity contribution in [3.8, 4) is 0 Å². The lowest BCUT2D eigenvalue weighted by atomic mass is 10.3. The van der Waals surface area contributed by atoms with Crippen molar-refractivity contribution in [1.29, 1.82) is 0 Å². The number of sulfonamides is 1. The Bertz CT molecular complexity index is 881. The maximum Gasteiger partial charge on any atom is 0.324 e. The second-order valence-electron chi connectivity index (χ2n) is 4.55. The van der Waals surface area contributed by atoms with E-state index >= 15 is 0 Å². The van der Waals surface area contributed by atoms with Gasteiger partial charge in [0.05, 0.1) is 30.7 Å². The first kappa shape index (κ1) is 19.1. The number of benzene rings is 2. The van der Waals surface area contributed by atoms with Crippen LogP contribution in [-0.2, 0) is 14.8 Å². The van der Waals surface area contributed by atoms with Gasteiger partial charge in [0.1, 0.15) is 6.54 Å². The van der Waals surface area contributed by atoms with Crippen molar-refractivity contribution in [1.82, 2.24) is 0 Å². The zero-order valence-electron chi connectivity index (χ0n) is 11.7. The Morgan fingerprint density at radius 2 is 1.54 bits per heavy atom. The SMILES string of the molecule is O=C(O)CN(c1c(Cl)cccc1Cl)S(=O)(=O)c1ccc(Cl)c(Cl)c1. The van der Waals surface area contributed by atoms with Crippen LogP contribution in [0.2, 0.25) is 20.1 Å². The van der Waals surface area contributed by atoms with E-state index in [2.05, 4.69) is 0 Å². The highest BCUT2D eigenvalue weighted by Crippen LogP contribution is 2.37. The van der Waals surface area contributed by atoms with Crippen LogP contribution in [0, 0.1) is 0 Å². The molecule has 5 nitrogen and oxygen atoms in total. The monoisotopic (exact) mass is 427 g/mol. The summed E-state index contributed by atoms with van der Waals surface area (Å²) in [5.41, 5.74) is -0.130. The van der Waals surface area contributed by atoms with E-state index in [1.54, 1.807) is 0 Å². The number of para-hydroxylation sites is 1. The summed E-state index contributed by atoms with van der Waals surface area (Å²) >= 11 is 23.7. The van der Waals surface area contributed by atoms with E-state index < -0.39 is 22.5 Å². The number of rotatable bonds is 5. The van der Waals surface area contributed by atoms with E-state index in [-0.39, 0.29) is 30.7 Å². The summed E-state index contributed by atoms with van der Waals surface area (Å²) in [5.74, 6) is -1.38. The lowest BCUT2D eigenvalue weighted by Crippen LogP contribution is -2.36. The summed E-state index contributed by atoms with van der Waals surface area (Å²) in [6.07, 6.45) is 0. The fourth-order valence-electron chi connectivity index (χ4n) is 1.90. The number of hydrogen-bond donors (Lipinski definition) is 1. The molecule has 0 amide bonds. The van der Waals surface area contributed by atoms with Crippen molar-refractivity contribution in [3.63, 3.8) is 0 Å². The summed E-state index contributed by atoms with van der Waals surface area (Å²) in [6, 6.07) is 7.95. The quantitative estimate of drug-likeness (QED) is 0.756. The number of halogens is 4. The molecule has 2 rings (SSSR count). The van der Waals surface area contributed by atoms with E-state index in [9.17, 15) is 13.2 Å². The van der Waals surface area contributed by atoms with Crippen LogP contribution in [0.1, 0.15) is 0 Å². The molecule has 0 aromatic heterocycles. The lowest BCUT2D eigenvalue weighted by Gasteiger charge is -2.24. The van der Waals surface area contributed by atoms with Gasteiger partial charge in [0, 0.05) is 0 Å². The van der Waals surface area contributed by atoms with Gasteiger partial charge in [-0.3, -0.25) is 9.10 Å². The molecule has 0 saturated carbocycles. The fourth-order valence-corrected chi connectivity index (χ4v) is 4.44. The van der Waals surface area contributed by atoms with E-state index in [1.165, 1.54) is 30.3 Å². The molecule has 0 radical (unpaired) electrons. The molecule has 10 heteroatoms. The van der Waals surface area contributed by atoms with Crippen LogP contribution in [0.15, 0.2) is 41.3 Å². The molecule has 0 atom stereocenters. The minimum absolute atomic E-state index is 0.00705. The highest BCUT2D eigenvalue weighted by atomic mass is 35.5. The third kappa shape index (κ3) is 3.90. The number of carbonyl (C=O) groups is 1. The van der Waals surface area contributed by atoms with Crippen molar-refractivity contribution in [3.05, 3.63) is 56.5 Å².